The maximum atomic E-state index is 12.1. The quantitative estimate of drug-likeness (QED) is 0.754. The van der Waals surface area contributed by atoms with Crippen LogP contribution in [0.2, 0.25) is 0 Å². The summed E-state index contributed by atoms with van der Waals surface area (Å²) in [5.74, 6) is 0.251. The SMILES string of the molecule is CN(C)S(=O)(=O)c1cccc(COC(=O)CC2CCCC2)c1. The molecule has 1 saturated carbocycles. The Morgan fingerprint density at radius 1 is 1.27 bits per heavy atom. The van der Waals surface area contributed by atoms with Crippen LogP contribution < -0.4 is 0 Å². The number of carbonyl (C=O) groups is 1. The first-order valence-electron chi connectivity index (χ1n) is 7.56. The number of nitrogens with zero attached hydrogens (tertiary/aromatic N) is 1. The Kier molecular flexibility index (Phi) is 5.58. The minimum Gasteiger partial charge on any atom is -0.461 e. The first kappa shape index (κ1) is 17.0. The number of carbonyl (C=O) groups excluding carboxylic acids is 1. The van der Waals surface area contributed by atoms with E-state index in [0.717, 1.165) is 17.1 Å². The molecule has 1 fully saturated rings. The van der Waals surface area contributed by atoms with Crippen molar-refractivity contribution in [2.45, 2.75) is 43.6 Å². The molecule has 1 aromatic carbocycles. The molecule has 1 aliphatic rings. The van der Waals surface area contributed by atoms with E-state index in [2.05, 4.69) is 0 Å². The van der Waals surface area contributed by atoms with Crippen molar-refractivity contribution in [1.29, 1.82) is 0 Å². The Balaban J connectivity index is 1.94. The number of rotatable bonds is 6. The molecule has 0 bridgehead atoms. The molecule has 22 heavy (non-hydrogen) atoms. The lowest BCUT2D eigenvalue weighted by Crippen LogP contribution is -2.22. The van der Waals surface area contributed by atoms with E-state index >= 15 is 0 Å². The fraction of sp³-hybridized carbons (Fsp3) is 0.562. The Labute approximate surface area is 132 Å². The van der Waals surface area contributed by atoms with Gasteiger partial charge < -0.3 is 4.74 Å². The summed E-state index contributed by atoms with van der Waals surface area (Å²) < 4.78 is 30.6. The predicted molar refractivity (Wildman–Crippen MR) is 83.7 cm³/mol. The summed E-state index contributed by atoms with van der Waals surface area (Å²) in [6.07, 6.45) is 5.07. The highest BCUT2D eigenvalue weighted by atomic mass is 32.2. The second-order valence-corrected chi connectivity index (χ2v) is 8.10. The zero-order chi connectivity index (χ0) is 16.2. The van der Waals surface area contributed by atoms with E-state index in [1.807, 2.05) is 0 Å². The monoisotopic (exact) mass is 325 g/mol. The van der Waals surface area contributed by atoms with Gasteiger partial charge in [-0.1, -0.05) is 25.0 Å². The van der Waals surface area contributed by atoms with Gasteiger partial charge in [0.25, 0.3) is 0 Å². The minimum atomic E-state index is -3.46. The van der Waals surface area contributed by atoms with Crippen LogP contribution in [0.1, 0.15) is 37.7 Å². The smallest absolute Gasteiger partial charge is 0.306 e. The number of esters is 1. The number of hydrogen-bond acceptors (Lipinski definition) is 4. The summed E-state index contributed by atoms with van der Waals surface area (Å²) in [5, 5.41) is 0. The molecule has 122 valence electrons. The molecule has 0 aliphatic heterocycles. The van der Waals surface area contributed by atoms with E-state index in [0.29, 0.717) is 17.9 Å². The highest BCUT2D eigenvalue weighted by Gasteiger charge is 2.20. The van der Waals surface area contributed by atoms with E-state index < -0.39 is 10.0 Å². The van der Waals surface area contributed by atoms with Crippen molar-refractivity contribution in [2.75, 3.05) is 14.1 Å². The van der Waals surface area contributed by atoms with Gasteiger partial charge in [-0.2, -0.15) is 0 Å². The standard InChI is InChI=1S/C16H23NO4S/c1-17(2)22(19,20)15-9-5-8-14(10-15)12-21-16(18)11-13-6-3-4-7-13/h5,8-10,13H,3-4,6-7,11-12H2,1-2H3. The molecule has 0 atom stereocenters. The molecule has 5 nitrogen and oxygen atoms in total. The third kappa shape index (κ3) is 4.30. The zero-order valence-electron chi connectivity index (χ0n) is 13.1. The van der Waals surface area contributed by atoms with Gasteiger partial charge >= 0.3 is 5.97 Å². The van der Waals surface area contributed by atoms with Crippen LogP contribution in [0.15, 0.2) is 29.2 Å². The van der Waals surface area contributed by atoms with Gasteiger partial charge in [-0.15, -0.1) is 0 Å². The maximum Gasteiger partial charge on any atom is 0.306 e. The Bertz CT molecular complexity index is 619. The first-order chi connectivity index (χ1) is 10.4. The largest absolute Gasteiger partial charge is 0.461 e. The van der Waals surface area contributed by atoms with Crippen molar-refractivity contribution in [1.82, 2.24) is 4.31 Å². The van der Waals surface area contributed by atoms with E-state index in [1.54, 1.807) is 24.3 Å². The van der Waals surface area contributed by atoms with Gasteiger partial charge in [0.2, 0.25) is 10.0 Å². The summed E-state index contributed by atoms with van der Waals surface area (Å²) in [6, 6.07) is 6.52. The summed E-state index contributed by atoms with van der Waals surface area (Å²) >= 11 is 0. The van der Waals surface area contributed by atoms with Gasteiger partial charge in [0.15, 0.2) is 0 Å². The van der Waals surface area contributed by atoms with Crippen LogP contribution in [0.5, 0.6) is 0 Å². The van der Waals surface area contributed by atoms with Crippen molar-refractivity contribution in [3.05, 3.63) is 29.8 Å². The topological polar surface area (TPSA) is 63.7 Å². The molecule has 0 aromatic heterocycles. The van der Waals surface area contributed by atoms with Crippen molar-refractivity contribution in [3.63, 3.8) is 0 Å². The molecular formula is C16H23NO4S. The van der Waals surface area contributed by atoms with E-state index in [4.69, 9.17) is 4.74 Å². The fourth-order valence-corrected chi connectivity index (χ4v) is 3.65. The molecule has 0 saturated heterocycles. The molecule has 6 heteroatoms. The van der Waals surface area contributed by atoms with Crippen molar-refractivity contribution in [3.8, 4) is 0 Å². The first-order valence-corrected chi connectivity index (χ1v) is 9.00. The molecule has 1 aliphatic carbocycles. The summed E-state index contributed by atoms with van der Waals surface area (Å²) in [6.45, 7) is 0.113. The van der Waals surface area contributed by atoms with Crippen LogP contribution >= 0.6 is 0 Å². The summed E-state index contributed by atoms with van der Waals surface area (Å²) in [4.78, 5) is 12.0. The average Bonchev–Trinajstić information content (AvgIpc) is 2.98. The maximum absolute atomic E-state index is 12.1. The molecule has 0 heterocycles. The van der Waals surface area contributed by atoms with Gasteiger partial charge in [-0.3, -0.25) is 4.79 Å². The average molecular weight is 325 g/mol. The number of sulfonamides is 1. The van der Waals surface area contributed by atoms with Gasteiger partial charge in [0.05, 0.1) is 4.90 Å². The molecule has 0 radical (unpaired) electrons. The number of benzene rings is 1. The summed E-state index contributed by atoms with van der Waals surface area (Å²) in [5.41, 5.74) is 0.683. The highest BCUT2D eigenvalue weighted by Crippen LogP contribution is 2.27. The van der Waals surface area contributed by atoms with Crippen LogP contribution in [-0.4, -0.2) is 32.8 Å². The van der Waals surface area contributed by atoms with Crippen LogP contribution in [0.4, 0.5) is 0 Å². The lowest BCUT2D eigenvalue weighted by atomic mass is 10.0. The zero-order valence-corrected chi connectivity index (χ0v) is 13.9. The third-order valence-corrected chi connectivity index (χ3v) is 5.82. The lowest BCUT2D eigenvalue weighted by molar-refractivity contribution is -0.146. The van der Waals surface area contributed by atoms with Crippen molar-refractivity contribution < 1.29 is 17.9 Å². The lowest BCUT2D eigenvalue weighted by Gasteiger charge is -2.13. The third-order valence-electron chi connectivity index (χ3n) is 4.01. The molecule has 1 aromatic rings. The summed E-state index contributed by atoms with van der Waals surface area (Å²) in [7, 11) is -0.484. The highest BCUT2D eigenvalue weighted by molar-refractivity contribution is 7.89. The van der Waals surface area contributed by atoms with E-state index in [1.165, 1.54) is 26.9 Å². The van der Waals surface area contributed by atoms with Gasteiger partial charge in [-0.05, 0) is 36.5 Å². The van der Waals surface area contributed by atoms with Crippen molar-refractivity contribution >= 4 is 16.0 Å². The fourth-order valence-electron chi connectivity index (χ4n) is 2.68. The Morgan fingerprint density at radius 2 is 1.95 bits per heavy atom. The van der Waals surface area contributed by atoms with Gasteiger partial charge in [-0.25, -0.2) is 12.7 Å². The number of ether oxygens (including phenoxy) is 1. The Hall–Kier alpha value is -1.40. The number of hydrogen-bond donors (Lipinski definition) is 0. The predicted octanol–water partition coefficient (Wildman–Crippen LogP) is 2.56. The molecule has 0 N–H and O–H groups in total. The molecular weight excluding hydrogens is 302 g/mol. The molecule has 0 amide bonds. The molecule has 0 spiro atoms. The second kappa shape index (κ2) is 7.24. The minimum absolute atomic E-state index is 0.113. The van der Waals surface area contributed by atoms with Crippen LogP contribution in [0.3, 0.4) is 0 Å². The van der Waals surface area contributed by atoms with E-state index in [9.17, 15) is 13.2 Å². The second-order valence-electron chi connectivity index (χ2n) is 5.95. The van der Waals surface area contributed by atoms with Crippen LogP contribution in [0.25, 0.3) is 0 Å². The molecule has 0 unspecified atom stereocenters. The van der Waals surface area contributed by atoms with E-state index in [-0.39, 0.29) is 17.5 Å². The van der Waals surface area contributed by atoms with Crippen LogP contribution in [-0.2, 0) is 26.2 Å². The van der Waals surface area contributed by atoms with Crippen LogP contribution in [0, 0.1) is 5.92 Å². The Morgan fingerprint density at radius 3 is 2.59 bits per heavy atom. The van der Waals surface area contributed by atoms with Crippen molar-refractivity contribution in [2.24, 2.45) is 5.92 Å². The van der Waals surface area contributed by atoms with Gasteiger partial charge in [0, 0.05) is 20.5 Å². The normalized spacial score (nSPS) is 16.1. The van der Waals surface area contributed by atoms with Gasteiger partial charge in [0.1, 0.15) is 6.61 Å². The molecule has 2 rings (SSSR count).